The van der Waals surface area contributed by atoms with Gasteiger partial charge in [0.2, 0.25) is 5.91 Å². The first-order valence-electron chi connectivity index (χ1n) is 6.38. The maximum absolute atomic E-state index is 14.5. The second kappa shape index (κ2) is 6.15. The molecule has 2 rings (SSSR count). The number of amides is 1. The highest BCUT2D eigenvalue weighted by molar-refractivity contribution is 9.10. The molecule has 110 valence electrons. The van der Waals surface area contributed by atoms with Gasteiger partial charge in [-0.2, -0.15) is 0 Å². The molecule has 0 radical (unpaired) electrons. The predicted molar refractivity (Wildman–Crippen MR) is 79.4 cm³/mol. The number of carbonyl (C=O) groups is 1. The monoisotopic (exact) mass is 344 g/mol. The number of halogens is 2. The first-order valence-corrected chi connectivity index (χ1v) is 7.18. The Kier molecular flexibility index (Phi) is 4.72. The molecule has 1 saturated heterocycles. The van der Waals surface area contributed by atoms with Gasteiger partial charge in [-0.15, -0.1) is 0 Å². The normalized spacial score (nSPS) is 25.9. The average Bonchev–Trinajstić information content (AvgIpc) is 2.70. The van der Waals surface area contributed by atoms with Crippen molar-refractivity contribution in [3.05, 3.63) is 22.8 Å². The zero-order chi connectivity index (χ0) is 14.8. The quantitative estimate of drug-likeness (QED) is 0.811. The smallest absolute Gasteiger partial charge is 0.242 e. The van der Waals surface area contributed by atoms with E-state index < -0.39 is 11.7 Å². The van der Waals surface area contributed by atoms with E-state index in [9.17, 15) is 9.18 Å². The summed E-state index contributed by atoms with van der Waals surface area (Å²) in [5.41, 5.74) is -1.36. The van der Waals surface area contributed by atoms with Crippen LogP contribution in [0.3, 0.4) is 0 Å². The molecule has 20 heavy (non-hydrogen) atoms. The first-order chi connectivity index (χ1) is 9.38. The van der Waals surface area contributed by atoms with Crippen molar-refractivity contribution in [1.29, 1.82) is 0 Å². The molecule has 0 saturated carbocycles. The molecule has 1 aromatic rings. The number of alkyl halides is 1. The third-order valence-electron chi connectivity index (χ3n) is 3.12. The second-order valence-electron chi connectivity index (χ2n) is 5.36. The summed E-state index contributed by atoms with van der Waals surface area (Å²) in [5.74, 6) is 0.198. The molecule has 2 atom stereocenters. The molecule has 0 aromatic carbocycles. The molecule has 2 unspecified atom stereocenters. The van der Waals surface area contributed by atoms with Gasteiger partial charge < -0.3 is 15.5 Å². The summed E-state index contributed by atoms with van der Waals surface area (Å²) in [6, 6.07) is 4.72. The van der Waals surface area contributed by atoms with Crippen LogP contribution in [0.2, 0.25) is 0 Å². The number of carbonyl (C=O) groups excluding carboxylic acids is 1. The molecule has 1 fully saturated rings. The minimum Gasteiger partial charge on any atom is -0.309 e. The average molecular weight is 345 g/mol. The first kappa shape index (κ1) is 15.3. The van der Waals surface area contributed by atoms with Gasteiger partial charge in [-0.1, -0.05) is 6.07 Å². The van der Waals surface area contributed by atoms with Crippen LogP contribution in [0, 0.1) is 0 Å². The highest BCUT2D eigenvalue weighted by Gasteiger charge is 2.42. The van der Waals surface area contributed by atoms with Crippen molar-refractivity contribution in [2.45, 2.75) is 18.1 Å². The third-order valence-corrected chi connectivity index (χ3v) is 3.56. The predicted octanol–water partition coefficient (Wildman–Crippen LogP) is 1.41. The van der Waals surface area contributed by atoms with Crippen LogP contribution < -0.4 is 10.6 Å². The highest BCUT2D eigenvalue weighted by Crippen LogP contribution is 2.25. The number of hydrogen-bond donors (Lipinski definition) is 2. The lowest BCUT2D eigenvalue weighted by Gasteiger charge is -2.22. The van der Waals surface area contributed by atoms with Crippen LogP contribution in [0.15, 0.2) is 22.8 Å². The van der Waals surface area contributed by atoms with Crippen molar-refractivity contribution in [2.24, 2.45) is 0 Å². The zero-order valence-electron chi connectivity index (χ0n) is 11.5. The molecule has 0 spiro atoms. The fourth-order valence-electron chi connectivity index (χ4n) is 2.38. The molecule has 1 amide bonds. The van der Waals surface area contributed by atoms with Crippen molar-refractivity contribution in [1.82, 2.24) is 15.2 Å². The Morgan fingerprint density at radius 1 is 1.65 bits per heavy atom. The second-order valence-corrected chi connectivity index (χ2v) is 6.17. The summed E-state index contributed by atoms with van der Waals surface area (Å²) in [5, 5.41) is 5.63. The number of pyridine rings is 1. The zero-order valence-corrected chi connectivity index (χ0v) is 13.1. The van der Waals surface area contributed by atoms with Crippen molar-refractivity contribution >= 4 is 27.7 Å². The maximum atomic E-state index is 14.5. The number of anilines is 1. The number of rotatable bonds is 4. The van der Waals surface area contributed by atoms with E-state index in [1.54, 1.807) is 23.1 Å². The molecule has 5 nitrogen and oxygen atoms in total. The molecule has 2 heterocycles. The van der Waals surface area contributed by atoms with Gasteiger partial charge in [0.25, 0.3) is 0 Å². The summed E-state index contributed by atoms with van der Waals surface area (Å²) in [6.07, 6.45) is 0.172. The third kappa shape index (κ3) is 3.97. The Balaban J connectivity index is 1.95. The summed E-state index contributed by atoms with van der Waals surface area (Å²) >= 11 is 3.24. The SMILES string of the molecule is CN(C)CC1(F)CNC(C(=O)Nc2cccc(Br)n2)C1. The van der Waals surface area contributed by atoms with E-state index in [0.717, 1.165) is 0 Å². The molecule has 1 aliphatic rings. The largest absolute Gasteiger partial charge is 0.309 e. The molecular weight excluding hydrogens is 327 g/mol. The van der Waals surface area contributed by atoms with Gasteiger partial charge in [-0.25, -0.2) is 9.37 Å². The van der Waals surface area contributed by atoms with Crippen LogP contribution in [-0.4, -0.2) is 54.7 Å². The molecule has 1 aromatic heterocycles. The van der Waals surface area contributed by atoms with Gasteiger partial charge in [0.15, 0.2) is 0 Å². The Bertz CT molecular complexity index is 499. The molecule has 0 aliphatic carbocycles. The summed E-state index contributed by atoms with van der Waals surface area (Å²) in [7, 11) is 3.64. The summed E-state index contributed by atoms with van der Waals surface area (Å²) in [4.78, 5) is 18.0. The Labute approximate surface area is 126 Å². The Morgan fingerprint density at radius 2 is 2.40 bits per heavy atom. The van der Waals surface area contributed by atoms with Gasteiger partial charge in [0.1, 0.15) is 16.1 Å². The van der Waals surface area contributed by atoms with Gasteiger partial charge in [0, 0.05) is 19.5 Å². The minimum atomic E-state index is -1.36. The molecule has 1 aliphatic heterocycles. The highest BCUT2D eigenvalue weighted by atomic mass is 79.9. The van der Waals surface area contributed by atoms with E-state index in [4.69, 9.17) is 0 Å². The van der Waals surface area contributed by atoms with Gasteiger partial charge in [-0.3, -0.25) is 4.79 Å². The molecule has 0 bridgehead atoms. The van der Waals surface area contributed by atoms with E-state index in [1.807, 2.05) is 14.1 Å². The maximum Gasteiger partial charge on any atom is 0.242 e. The molecule has 7 heteroatoms. The van der Waals surface area contributed by atoms with Crippen molar-refractivity contribution < 1.29 is 9.18 Å². The lowest BCUT2D eigenvalue weighted by atomic mass is 10.0. The van der Waals surface area contributed by atoms with E-state index in [2.05, 4.69) is 31.5 Å². The van der Waals surface area contributed by atoms with Crippen LogP contribution in [-0.2, 0) is 4.79 Å². The molecule has 2 N–H and O–H groups in total. The fraction of sp³-hybridized carbons (Fsp3) is 0.538. The van der Waals surface area contributed by atoms with Gasteiger partial charge in [-0.05, 0) is 42.2 Å². The lowest BCUT2D eigenvalue weighted by molar-refractivity contribution is -0.118. The van der Waals surface area contributed by atoms with Crippen LogP contribution in [0.25, 0.3) is 0 Å². The lowest BCUT2D eigenvalue weighted by Crippen LogP contribution is -2.37. The standard InChI is InChI=1S/C13H18BrFN4O/c1-19(2)8-13(15)6-9(16-7-13)12(20)18-11-5-3-4-10(14)17-11/h3-5,9,16H,6-8H2,1-2H3,(H,17,18,20). The molecular formula is C13H18BrFN4O. The van der Waals surface area contributed by atoms with Crippen LogP contribution >= 0.6 is 15.9 Å². The number of aromatic nitrogens is 1. The Morgan fingerprint density at radius 3 is 3.05 bits per heavy atom. The fourth-order valence-corrected chi connectivity index (χ4v) is 2.72. The van der Waals surface area contributed by atoms with Gasteiger partial charge in [0.05, 0.1) is 6.04 Å². The van der Waals surface area contributed by atoms with Crippen molar-refractivity contribution in [3.8, 4) is 0 Å². The van der Waals surface area contributed by atoms with Crippen molar-refractivity contribution in [2.75, 3.05) is 32.5 Å². The topological polar surface area (TPSA) is 57.3 Å². The minimum absolute atomic E-state index is 0.172. The van der Waals surface area contributed by atoms with Gasteiger partial charge >= 0.3 is 0 Å². The number of hydrogen-bond acceptors (Lipinski definition) is 4. The van der Waals surface area contributed by atoms with Crippen molar-refractivity contribution in [3.63, 3.8) is 0 Å². The number of nitrogens with one attached hydrogen (secondary N) is 2. The van der Waals surface area contributed by atoms with E-state index in [0.29, 0.717) is 17.0 Å². The van der Waals surface area contributed by atoms with Crippen LogP contribution in [0.5, 0.6) is 0 Å². The number of nitrogens with zero attached hydrogens (tertiary/aromatic N) is 2. The van der Waals surface area contributed by atoms with E-state index in [-0.39, 0.29) is 18.9 Å². The summed E-state index contributed by atoms with van der Waals surface area (Å²) < 4.78 is 15.1. The van der Waals surface area contributed by atoms with Crippen LogP contribution in [0.1, 0.15) is 6.42 Å². The van der Waals surface area contributed by atoms with E-state index in [1.165, 1.54) is 0 Å². The van der Waals surface area contributed by atoms with Crippen LogP contribution in [0.4, 0.5) is 10.2 Å². The Hall–Kier alpha value is -1.05. The van der Waals surface area contributed by atoms with E-state index >= 15 is 0 Å². The summed E-state index contributed by atoms with van der Waals surface area (Å²) in [6.45, 7) is 0.494.